The molecule has 2 unspecified atom stereocenters. The van der Waals surface area contributed by atoms with Gasteiger partial charge in [0.2, 0.25) is 0 Å². The van der Waals surface area contributed by atoms with E-state index in [0.717, 1.165) is 31.5 Å². The van der Waals surface area contributed by atoms with Crippen LogP contribution in [0.2, 0.25) is 0 Å². The molecule has 1 aromatic carbocycles. The van der Waals surface area contributed by atoms with Gasteiger partial charge in [-0.3, -0.25) is 4.79 Å². The molecule has 0 saturated carbocycles. The Hall–Kier alpha value is -1.49. The third-order valence-electron chi connectivity index (χ3n) is 3.25. The van der Waals surface area contributed by atoms with Crippen LogP contribution in [-0.4, -0.2) is 24.5 Å². The summed E-state index contributed by atoms with van der Waals surface area (Å²) in [6, 6.07) is 3.11. The zero-order chi connectivity index (χ0) is 13.1. The van der Waals surface area contributed by atoms with E-state index in [9.17, 15) is 13.6 Å². The monoisotopic (exact) mass is 254 g/mol. The van der Waals surface area contributed by atoms with Crippen LogP contribution in [0.15, 0.2) is 18.2 Å². The number of nitrogens with one attached hydrogen (secondary N) is 2. The number of rotatable bonds is 2. The molecule has 1 aliphatic rings. The SMILES string of the molecule is CC1NCCCC1NC(=O)c1ccc(F)cc1F. The lowest BCUT2D eigenvalue weighted by molar-refractivity contribution is 0.0915. The summed E-state index contributed by atoms with van der Waals surface area (Å²) in [6.45, 7) is 2.91. The molecule has 5 heteroatoms. The van der Waals surface area contributed by atoms with E-state index in [1.54, 1.807) is 0 Å². The predicted octanol–water partition coefficient (Wildman–Crippen LogP) is 1.84. The van der Waals surface area contributed by atoms with Crippen molar-refractivity contribution in [1.82, 2.24) is 10.6 Å². The molecule has 0 spiro atoms. The normalized spacial score (nSPS) is 23.7. The maximum absolute atomic E-state index is 13.4. The van der Waals surface area contributed by atoms with E-state index in [1.807, 2.05) is 6.92 Å². The molecule has 1 heterocycles. The van der Waals surface area contributed by atoms with E-state index >= 15 is 0 Å². The molecule has 0 aliphatic carbocycles. The van der Waals surface area contributed by atoms with Crippen LogP contribution in [0.3, 0.4) is 0 Å². The molecule has 1 aromatic rings. The molecule has 1 fully saturated rings. The number of hydrogen-bond donors (Lipinski definition) is 2. The Morgan fingerprint density at radius 3 is 2.89 bits per heavy atom. The summed E-state index contributed by atoms with van der Waals surface area (Å²) in [7, 11) is 0. The molecule has 2 rings (SSSR count). The number of amides is 1. The molecule has 0 aromatic heterocycles. The highest BCUT2D eigenvalue weighted by molar-refractivity contribution is 5.94. The van der Waals surface area contributed by atoms with Gasteiger partial charge in [0.05, 0.1) is 5.56 Å². The number of carbonyl (C=O) groups excluding carboxylic acids is 1. The molecule has 0 radical (unpaired) electrons. The molecule has 2 atom stereocenters. The molecule has 2 N–H and O–H groups in total. The maximum Gasteiger partial charge on any atom is 0.254 e. The van der Waals surface area contributed by atoms with Gasteiger partial charge >= 0.3 is 0 Å². The molecule has 1 aliphatic heterocycles. The quantitative estimate of drug-likeness (QED) is 0.845. The summed E-state index contributed by atoms with van der Waals surface area (Å²) in [4.78, 5) is 11.9. The molecular weight excluding hydrogens is 238 g/mol. The van der Waals surface area contributed by atoms with Crippen LogP contribution in [0.25, 0.3) is 0 Å². The van der Waals surface area contributed by atoms with Crippen molar-refractivity contribution in [1.29, 1.82) is 0 Å². The van der Waals surface area contributed by atoms with Crippen molar-refractivity contribution in [2.75, 3.05) is 6.54 Å². The summed E-state index contributed by atoms with van der Waals surface area (Å²) in [5.74, 6) is -2.01. The van der Waals surface area contributed by atoms with Gasteiger partial charge in [-0.15, -0.1) is 0 Å². The topological polar surface area (TPSA) is 41.1 Å². The molecule has 18 heavy (non-hydrogen) atoms. The Labute approximate surface area is 105 Å². The van der Waals surface area contributed by atoms with Crippen LogP contribution in [0, 0.1) is 11.6 Å². The van der Waals surface area contributed by atoms with Gasteiger partial charge in [0.15, 0.2) is 0 Å². The summed E-state index contributed by atoms with van der Waals surface area (Å²) in [5.41, 5.74) is -0.117. The fourth-order valence-electron chi connectivity index (χ4n) is 2.16. The largest absolute Gasteiger partial charge is 0.348 e. The highest BCUT2D eigenvalue weighted by atomic mass is 19.1. The lowest BCUT2D eigenvalue weighted by atomic mass is 9.99. The van der Waals surface area contributed by atoms with Crippen LogP contribution in [0.1, 0.15) is 30.1 Å². The Balaban J connectivity index is 2.07. The van der Waals surface area contributed by atoms with Gasteiger partial charge in [-0.25, -0.2) is 8.78 Å². The van der Waals surface area contributed by atoms with Crippen molar-refractivity contribution in [3.63, 3.8) is 0 Å². The van der Waals surface area contributed by atoms with Gasteiger partial charge < -0.3 is 10.6 Å². The number of carbonyl (C=O) groups is 1. The Morgan fingerprint density at radius 1 is 1.44 bits per heavy atom. The summed E-state index contributed by atoms with van der Waals surface area (Å²) in [6.07, 6.45) is 1.84. The third kappa shape index (κ3) is 2.85. The fraction of sp³-hybridized carbons (Fsp3) is 0.462. The number of piperidine rings is 1. The van der Waals surface area contributed by atoms with Crippen LogP contribution in [0.4, 0.5) is 8.78 Å². The molecule has 1 saturated heterocycles. The van der Waals surface area contributed by atoms with E-state index in [1.165, 1.54) is 6.07 Å². The average Bonchev–Trinajstić information content (AvgIpc) is 2.32. The van der Waals surface area contributed by atoms with Crippen LogP contribution < -0.4 is 10.6 Å². The lowest BCUT2D eigenvalue weighted by Crippen LogP contribution is -2.52. The van der Waals surface area contributed by atoms with E-state index in [4.69, 9.17) is 0 Å². The molecular formula is C13H16F2N2O. The fourth-order valence-corrected chi connectivity index (χ4v) is 2.16. The minimum atomic E-state index is -0.830. The summed E-state index contributed by atoms with van der Waals surface area (Å²) in [5, 5.41) is 6.03. The Kier molecular flexibility index (Phi) is 3.91. The zero-order valence-corrected chi connectivity index (χ0v) is 10.2. The first-order valence-electron chi connectivity index (χ1n) is 6.07. The minimum Gasteiger partial charge on any atom is -0.348 e. The van der Waals surface area contributed by atoms with Gasteiger partial charge in [-0.05, 0) is 38.4 Å². The summed E-state index contributed by atoms with van der Waals surface area (Å²) >= 11 is 0. The van der Waals surface area contributed by atoms with Gasteiger partial charge in [0, 0.05) is 18.2 Å². The first-order valence-corrected chi connectivity index (χ1v) is 6.07. The predicted molar refractivity (Wildman–Crippen MR) is 64.3 cm³/mol. The number of benzene rings is 1. The third-order valence-corrected chi connectivity index (χ3v) is 3.25. The molecule has 0 bridgehead atoms. The highest BCUT2D eigenvalue weighted by Crippen LogP contribution is 2.12. The first-order chi connectivity index (χ1) is 8.58. The van der Waals surface area contributed by atoms with Crippen molar-refractivity contribution in [2.24, 2.45) is 0 Å². The van der Waals surface area contributed by atoms with Crippen LogP contribution in [-0.2, 0) is 0 Å². The van der Waals surface area contributed by atoms with E-state index < -0.39 is 17.5 Å². The van der Waals surface area contributed by atoms with Gasteiger partial charge in [0.25, 0.3) is 5.91 Å². The Bertz CT molecular complexity index is 451. The molecule has 1 amide bonds. The van der Waals surface area contributed by atoms with E-state index in [0.29, 0.717) is 0 Å². The molecule has 3 nitrogen and oxygen atoms in total. The number of halogens is 2. The lowest BCUT2D eigenvalue weighted by Gasteiger charge is -2.30. The van der Waals surface area contributed by atoms with Crippen molar-refractivity contribution in [2.45, 2.75) is 31.8 Å². The van der Waals surface area contributed by atoms with Crippen molar-refractivity contribution in [3.05, 3.63) is 35.4 Å². The average molecular weight is 254 g/mol. The molecule has 98 valence electrons. The van der Waals surface area contributed by atoms with E-state index in [2.05, 4.69) is 10.6 Å². The number of hydrogen-bond acceptors (Lipinski definition) is 2. The van der Waals surface area contributed by atoms with Gasteiger partial charge in [0.1, 0.15) is 11.6 Å². The second-order valence-electron chi connectivity index (χ2n) is 4.59. The van der Waals surface area contributed by atoms with Crippen molar-refractivity contribution < 1.29 is 13.6 Å². The van der Waals surface area contributed by atoms with Crippen LogP contribution >= 0.6 is 0 Å². The first kappa shape index (κ1) is 13.0. The second-order valence-corrected chi connectivity index (χ2v) is 4.59. The standard InChI is InChI=1S/C13H16F2N2O/c1-8-12(3-2-6-16-8)17-13(18)10-5-4-9(14)7-11(10)15/h4-5,7-8,12,16H,2-3,6H2,1H3,(H,17,18). The van der Waals surface area contributed by atoms with Crippen LogP contribution in [0.5, 0.6) is 0 Å². The van der Waals surface area contributed by atoms with Crippen molar-refractivity contribution >= 4 is 5.91 Å². The van der Waals surface area contributed by atoms with E-state index in [-0.39, 0.29) is 17.6 Å². The highest BCUT2D eigenvalue weighted by Gasteiger charge is 2.23. The maximum atomic E-state index is 13.4. The summed E-state index contributed by atoms with van der Waals surface area (Å²) < 4.78 is 26.2. The van der Waals surface area contributed by atoms with Gasteiger partial charge in [-0.1, -0.05) is 0 Å². The Morgan fingerprint density at radius 2 is 2.22 bits per heavy atom. The van der Waals surface area contributed by atoms with Crippen molar-refractivity contribution in [3.8, 4) is 0 Å². The zero-order valence-electron chi connectivity index (χ0n) is 10.2. The minimum absolute atomic E-state index is 0.0179. The smallest absolute Gasteiger partial charge is 0.254 e. The second kappa shape index (κ2) is 5.44. The van der Waals surface area contributed by atoms with Gasteiger partial charge in [-0.2, -0.15) is 0 Å².